The fourth-order valence-corrected chi connectivity index (χ4v) is 2.48. The van der Waals surface area contributed by atoms with Gasteiger partial charge in [-0.25, -0.2) is 0 Å². The molecule has 0 radical (unpaired) electrons. The molecule has 1 saturated carbocycles. The maximum Gasteiger partial charge on any atom is 0.305 e. The smallest absolute Gasteiger partial charge is 0.305 e. The molecule has 0 bridgehead atoms. The Kier molecular flexibility index (Phi) is 3.44. The van der Waals surface area contributed by atoms with E-state index in [1.165, 1.54) is 0 Å². The number of nitriles is 1. The van der Waals surface area contributed by atoms with E-state index in [1.54, 1.807) is 18.2 Å². The number of halogens is 1. The van der Waals surface area contributed by atoms with Crippen molar-refractivity contribution < 1.29 is 9.90 Å². The molecule has 0 saturated heterocycles. The predicted molar refractivity (Wildman–Crippen MR) is 68.6 cm³/mol. The third-order valence-corrected chi connectivity index (χ3v) is 3.64. The zero-order chi connectivity index (χ0) is 13.2. The number of rotatable bonds is 4. The first kappa shape index (κ1) is 12.7. The van der Waals surface area contributed by atoms with Crippen molar-refractivity contribution in [2.24, 2.45) is 0 Å². The highest BCUT2D eigenvalue weighted by molar-refractivity contribution is 6.32. The summed E-state index contributed by atoms with van der Waals surface area (Å²) in [4.78, 5) is 10.9. The molecule has 0 aromatic heterocycles. The van der Waals surface area contributed by atoms with Crippen LogP contribution in [0.25, 0.3) is 0 Å². The van der Waals surface area contributed by atoms with Crippen LogP contribution in [0.5, 0.6) is 0 Å². The highest BCUT2D eigenvalue weighted by Gasteiger charge is 2.39. The molecule has 1 aromatic rings. The van der Waals surface area contributed by atoms with E-state index < -0.39 is 11.5 Å². The van der Waals surface area contributed by atoms with Crippen molar-refractivity contribution in [2.75, 3.05) is 5.32 Å². The minimum absolute atomic E-state index is 0.0599. The van der Waals surface area contributed by atoms with Gasteiger partial charge in [0, 0.05) is 5.54 Å². The van der Waals surface area contributed by atoms with Gasteiger partial charge in [0.05, 0.1) is 22.7 Å². The SMILES string of the molecule is N#Cc1c(Cl)cccc1NC1(CC(=O)O)CCC1. The first-order valence-electron chi connectivity index (χ1n) is 5.75. The van der Waals surface area contributed by atoms with Crippen LogP contribution in [0.15, 0.2) is 18.2 Å². The van der Waals surface area contributed by atoms with Crippen LogP contribution in [0.3, 0.4) is 0 Å². The van der Waals surface area contributed by atoms with Gasteiger partial charge in [0.2, 0.25) is 0 Å². The lowest BCUT2D eigenvalue weighted by atomic mass is 9.74. The molecule has 94 valence electrons. The number of hydrogen-bond acceptors (Lipinski definition) is 3. The summed E-state index contributed by atoms with van der Waals surface area (Å²) < 4.78 is 0. The lowest BCUT2D eigenvalue weighted by Crippen LogP contribution is -2.46. The van der Waals surface area contributed by atoms with E-state index in [0.717, 1.165) is 19.3 Å². The first-order valence-corrected chi connectivity index (χ1v) is 6.13. The Morgan fingerprint density at radius 1 is 1.56 bits per heavy atom. The van der Waals surface area contributed by atoms with Crippen LogP contribution >= 0.6 is 11.6 Å². The first-order chi connectivity index (χ1) is 8.56. The van der Waals surface area contributed by atoms with Gasteiger partial charge >= 0.3 is 5.97 Å². The van der Waals surface area contributed by atoms with Gasteiger partial charge in [-0.05, 0) is 31.4 Å². The molecular weight excluding hydrogens is 252 g/mol. The lowest BCUT2D eigenvalue weighted by Gasteiger charge is -2.42. The van der Waals surface area contributed by atoms with Gasteiger partial charge in [-0.3, -0.25) is 4.79 Å². The van der Waals surface area contributed by atoms with Crippen molar-refractivity contribution in [3.63, 3.8) is 0 Å². The van der Waals surface area contributed by atoms with Crippen LogP contribution in [0.1, 0.15) is 31.2 Å². The molecule has 1 aliphatic carbocycles. The van der Waals surface area contributed by atoms with Crippen molar-refractivity contribution in [1.29, 1.82) is 5.26 Å². The van der Waals surface area contributed by atoms with E-state index >= 15 is 0 Å². The van der Waals surface area contributed by atoms with E-state index in [4.69, 9.17) is 22.0 Å². The van der Waals surface area contributed by atoms with E-state index in [9.17, 15) is 4.79 Å². The molecule has 5 heteroatoms. The average Bonchev–Trinajstić information content (AvgIpc) is 2.25. The molecular formula is C13H13ClN2O2. The highest BCUT2D eigenvalue weighted by atomic mass is 35.5. The largest absolute Gasteiger partial charge is 0.481 e. The van der Waals surface area contributed by atoms with E-state index in [1.807, 2.05) is 6.07 Å². The van der Waals surface area contributed by atoms with Gasteiger partial charge in [0.25, 0.3) is 0 Å². The number of aliphatic carboxylic acids is 1. The van der Waals surface area contributed by atoms with Crippen LogP contribution in [-0.2, 0) is 4.79 Å². The number of nitrogens with one attached hydrogen (secondary N) is 1. The van der Waals surface area contributed by atoms with Crippen LogP contribution in [0, 0.1) is 11.3 Å². The summed E-state index contributed by atoms with van der Waals surface area (Å²) in [5.74, 6) is -0.831. The molecule has 1 fully saturated rings. The number of carboxylic acids is 1. The van der Waals surface area contributed by atoms with Crippen LogP contribution < -0.4 is 5.32 Å². The van der Waals surface area contributed by atoms with Gasteiger partial charge in [0.1, 0.15) is 6.07 Å². The van der Waals surface area contributed by atoms with E-state index in [2.05, 4.69) is 5.32 Å². The summed E-state index contributed by atoms with van der Waals surface area (Å²) in [6.07, 6.45) is 2.67. The Morgan fingerprint density at radius 3 is 2.78 bits per heavy atom. The van der Waals surface area contributed by atoms with Crippen LogP contribution in [0.2, 0.25) is 5.02 Å². The molecule has 0 atom stereocenters. The van der Waals surface area contributed by atoms with E-state index in [-0.39, 0.29) is 6.42 Å². The Labute approximate surface area is 110 Å². The van der Waals surface area contributed by atoms with Gasteiger partial charge < -0.3 is 10.4 Å². The highest BCUT2D eigenvalue weighted by Crippen LogP contribution is 2.39. The second-order valence-electron chi connectivity index (χ2n) is 4.60. The van der Waals surface area contributed by atoms with Gasteiger partial charge in [-0.2, -0.15) is 5.26 Å². The molecule has 1 aromatic carbocycles. The van der Waals surface area contributed by atoms with Crippen molar-refractivity contribution in [1.82, 2.24) is 0 Å². The summed E-state index contributed by atoms with van der Waals surface area (Å²) in [7, 11) is 0. The van der Waals surface area contributed by atoms with Crippen molar-refractivity contribution in [3.8, 4) is 6.07 Å². The lowest BCUT2D eigenvalue weighted by molar-refractivity contribution is -0.138. The fourth-order valence-electron chi connectivity index (χ4n) is 2.27. The molecule has 0 spiro atoms. The molecule has 1 aliphatic rings. The number of nitrogens with zero attached hydrogens (tertiary/aromatic N) is 1. The second-order valence-corrected chi connectivity index (χ2v) is 5.01. The number of benzene rings is 1. The predicted octanol–water partition coefficient (Wildman–Crippen LogP) is 3.02. The topological polar surface area (TPSA) is 73.1 Å². The minimum atomic E-state index is -0.831. The molecule has 2 rings (SSSR count). The van der Waals surface area contributed by atoms with Crippen LogP contribution in [0.4, 0.5) is 5.69 Å². The third-order valence-electron chi connectivity index (χ3n) is 3.33. The third kappa shape index (κ3) is 2.41. The number of carbonyl (C=O) groups is 1. The Balaban J connectivity index is 2.26. The second kappa shape index (κ2) is 4.87. The molecule has 0 unspecified atom stereocenters. The summed E-state index contributed by atoms with van der Waals surface area (Å²) in [5, 5.41) is 21.6. The van der Waals surface area contributed by atoms with Crippen molar-refractivity contribution >= 4 is 23.3 Å². The molecule has 0 aliphatic heterocycles. The average molecular weight is 265 g/mol. The van der Waals surface area contributed by atoms with Crippen molar-refractivity contribution in [2.45, 2.75) is 31.2 Å². The molecule has 4 nitrogen and oxygen atoms in total. The number of carboxylic acid groups (broad SMARTS) is 1. The van der Waals surface area contributed by atoms with E-state index in [0.29, 0.717) is 16.3 Å². The molecule has 2 N–H and O–H groups in total. The Hall–Kier alpha value is -1.73. The minimum Gasteiger partial charge on any atom is -0.481 e. The van der Waals surface area contributed by atoms with Crippen LogP contribution in [-0.4, -0.2) is 16.6 Å². The normalized spacial score (nSPS) is 16.4. The Bertz CT molecular complexity index is 518. The monoisotopic (exact) mass is 264 g/mol. The maximum absolute atomic E-state index is 10.9. The Morgan fingerprint density at radius 2 is 2.28 bits per heavy atom. The van der Waals surface area contributed by atoms with Gasteiger partial charge in [0.15, 0.2) is 0 Å². The molecule has 0 amide bonds. The summed E-state index contributed by atoms with van der Waals surface area (Å²) >= 11 is 5.95. The molecule has 18 heavy (non-hydrogen) atoms. The zero-order valence-electron chi connectivity index (χ0n) is 9.74. The summed E-state index contributed by atoms with van der Waals surface area (Å²) in [6, 6.07) is 7.20. The fraction of sp³-hybridized carbons (Fsp3) is 0.385. The number of anilines is 1. The number of hydrogen-bond donors (Lipinski definition) is 2. The van der Waals surface area contributed by atoms with Crippen molar-refractivity contribution in [3.05, 3.63) is 28.8 Å². The summed E-state index contributed by atoms with van der Waals surface area (Å²) in [6.45, 7) is 0. The quantitative estimate of drug-likeness (QED) is 0.877. The maximum atomic E-state index is 10.9. The standard InChI is InChI=1S/C13H13ClN2O2/c14-10-3-1-4-11(9(10)8-15)16-13(5-2-6-13)7-12(17)18/h1,3-4,16H,2,5-7H2,(H,17,18). The summed E-state index contributed by atoms with van der Waals surface area (Å²) in [5.41, 5.74) is 0.559. The van der Waals surface area contributed by atoms with Gasteiger partial charge in [-0.15, -0.1) is 0 Å². The zero-order valence-corrected chi connectivity index (χ0v) is 10.5. The van der Waals surface area contributed by atoms with Gasteiger partial charge in [-0.1, -0.05) is 17.7 Å². The molecule has 0 heterocycles.